The second kappa shape index (κ2) is 8.02. The van der Waals surface area contributed by atoms with Crippen LogP contribution in [0.2, 0.25) is 0 Å². The highest BCUT2D eigenvalue weighted by atomic mass is 32.2. The maximum atomic E-state index is 12.8. The van der Waals surface area contributed by atoms with E-state index in [1.807, 2.05) is 17.8 Å². The van der Waals surface area contributed by atoms with Gasteiger partial charge in [-0.3, -0.25) is 4.79 Å². The van der Waals surface area contributed by atoms with Gasteiger partial charge in [0.1, 0.15) is 11.6 Å². The third-order valence-corrected chi connectivity index (χ3v) is 4.84. The van der Waals surface area contributed by atoms with Crippen LogP contribution in [-0.2, 0) is 28.3 Å². The SMILES string of the molecule is Cn1ccnc1CCNC(=O)CCNS(=O)(=O)c1ccc(F)cc1. The van der Waals surface area contributed by atoms with Gasteiger partial charge < -0.3 is 9.88 Å². The lowest BCUT2D eigenvalue weighted by molar-refractivity contribution is -0.120. The highest BCUT2D eigenvalue weighted by molar-refractivity contribution is 7.89. The molecule has 1 aromatic heterocycles. The molecule has 0 aliphatic carbocycles. The largest absolute Gasteiger partial charge is 0.356 e. The first kappa shape index (κ1) is 18.1. The van der Waals surface area contributed by atoms with E-state index in [9.17, 15) is 17.6 Å². The molecule has 0 saturated heterocycles. The number of aryl methyl sites for hydroxylation is 1. The zero-order valence-corrected chi connectivity index (χ0v) is 14.0. The molecule has 0 fully saturated rings. The van der Waals surface area contributed by atoms with E-state index in [2.05, 4.69) is 15.0 Å². The van der Waals surface area contributed by atoms with Crippen LogP contribution in [0.5, 0.6) is 0 Å². The summed E-state index contributed by atoms with van der Waals surface area (Å²) in [6.07, 6.45) is 4.11. The Labute approximate surface area is 140 Å². The Balaban J connectivity index is 1.72. The molecule has 0 bridgehead atoms. The lowest BCUT2D eigenvalue weighted by Crippen LogP contribution is -2.32. The zero-order chi connectivity index (χ0) is 17.6. The number of nitrogens with zero attached hydrogens (tertiary/aromatic N) is 2. The van der Waals surface area contributed by atoms with E-state index in [4.69, 9.17) is 0 Å². The minimum Gasteiger partial charge on any atom is -0.356 e. The highest BCUT2D eigenvalue weighted by Gasteiger charge is 2.14. The Bertz CT molecular complexity index is 787. The number of aromatic nitrogens is 2. The van der Waals surface area contributed by atoms with Crippen LogP contribution in [0.25, 0.3) is 0 Å². The molecule has 1 heterocycles. The first-order chi connectivity index (χ1) is 11.4. The molecule has 9 heteroatoms. The molecule has 0 radical (unpaired) electrons. The van der Waals surface area contributed by atoms with Gasteiger partial charge in [0, 0.05) is 45.4 Å². The average Bonchev–Trinajstić information content (AvgIpc) is 2.93. The number of nitrogens with one attached hydrogen (secondary N) is 2. The number of halogens is 1. The number of hydrogen-bond donors (Lipinski definition) is 2. The topological polar surface area (TPSA) is 93.1 Å². The maximum Gasteiger partial charge on any atom is 0.240 e. The molecule has 7 nitrogen and oxygen atoms in total. The minimum absolute atomic E-state index is 0.0149. The summed E-state index contributed by atoms with van der Waals surface area (Å²) in [6, 6.07) is 4.48. The Hall–Kier alpha value is -2.26. The van der Waals surface area contributed by atoms with Crippen LogP contribution in [0.4, 0.5) is 4.39 Å². The average molecular weight is 354 g/mol. The van der Waals surface area contributed by atoms with Crippen molar-refractivity contribution in [3.63, 3.8) is 0 Å². The number of benzene rings is 1. The van der Waals surface area contributed by atoms with Crippen molar-refractivity contribution in [1.82, 2.24) is 19.6 Å². The van der Waals surface area contributed by atoms with Gasteiger partial charge in [-0.25, -0.2) is 22.5 Å². The lowest BCUT2D eigenvalue weighted by atomic mass is 10.3. The lowest BCUT2D eigenvalue weighted by Gasteiger charge is -2.08. The molecule has 130 valence electrons. The van der Waals surface area contributed by atoms with Gasteiger partial charge in [-0.1, -0.05) is 0 Å². The molecule has 2 rings (SSSR count). The molecule has 1 aromatic carbocycles. The van der Waals surface area contributed by atoms with Crippen molar-refractivity contribution in [3.05, 3.63) is 48.3 Å². The summed E-state index contributed by atoms with van der Waals surface area (Å²) in [4.78, 5) is 15.8. The van der Waals surface area contributed by atoms with Crippen LogP contribution in [0.15, 0.2) is 41.6 Å². The van der Waals surface area contributed by atoms with E-state index in [1.165, 1.54) is 12.1 Å². The van der Waals surface area contributed by atoms with Crippen LogP contribution in [0, 0.1) is 5.82 Å². The summed E-state index contributed by atoms with van der Waals surface area (Å²) in [7, 11) is -1.87. The van der Waals surface area contributed by atoms with Crippen LogP contribution in [-0.4, -0.2) is 37.0 Å². The van der Waals surface area contributed by atoms with Gasteiger partial charge in [0.25, 0.3) is 0 Å². The molecule has 0 unspecified atom stereocenters. The summed E-state index contributed by atoms with van der Waals surface area (Å²) in [5.74, 6) is 0.0827. The molecule has 0 atom stereocenters. The van der Waals surface area contributed by atoms with Crippen molar-refractivity contribution in [2.24, 2.45) is 7.05 Å². The monoisotopic (exact) mass is 354 g/mol. The van der Waals surface area contributed by atoms with Gasteiger partial charge in [-0.15, -0.1) is 0 Å². The van der Waals surface area contributed by atoms with Crippen molar-refractivity contribution in [2.75, 3.05) is 13.1 Å². The van der Waals surface area contributed by atoms with Gasteiger partial charge in [0.15, 0.2) is 0 Å². The molecule has 1 amide bonds. The van der Waals surface area contributed by atoms with E-state index >= 15 is 0 Å². The van der Waals surface area contributed by atoms with Crippen LogP contribution < -0.4 is 10.0 Å². The van der Waals surface area contributed by atoms with E-state index in [1.54, 1.807) is 6.20 Å². The minimum atomic E-state index is -3.74. The van der Waals surface area contributed by atoms with Gasteiger partial charge in [-0.2, -0.15) is 0 Å². The summed E-state index contributed by atoms with van der Waals surface area (Å²) in [5.41, 5.74) is 0. The molecular weight excluding hydrogens is 335 g/mol. The fourth-order valence-electron chi connectivity index (χ4n) is 2.04. The number of hydrogen-bond acceptors (Lipinski definition) is 4. The second-order valence-electron chi connectivity index (χ2n) is 5.16. The first-order valence-electron chi connectivity index (χ1n) is 7.36. The standard InChI is InChI=1S/C15H19FN4O3S/c1-20-11-10-17-14(20)6-8-18-15(21)7-9-19-24(22,23)13-4-2-12(16)3-5-13/h2-5,10-11,19H,6-9H2,1H3,(H,18,21). The predicted octanol–water partition coefficient (Wildman–Crippen LogP) is 0.587. The van der Waals surface area contributed by atoms with Crippen molar-refractivity contribution in [3.8, 4) is 0 Å². The van der Waals surface area contributed by atoms with Gasteiger partial charge >= 0.3 is 0 Å². The molecule has 0 aliphatic heterocycles. The number of rotatable bonds is 8. The zero-order valence-electron chi connectivity index (χ0n) is 13.2. The fourth-order valence-corrected chi connectivity index (χ4v) is 3.07. The van der Waals surface area contributed by atoms with Crippen molar-refractivity contribution in [1.29, 1.82) is 0 Å². The third kappa shape index (κ3) is 5.14. The van der Waals surface area contributed by atoms with Gasteiger partial charge in [0.05, 0.1) is 4.90 Å². The van der Waals surface area contributed by atoms with Gasteiger partial charge in [0.2, 0.25) is 15.9 Å². The van der Waals surface area contributed by atoms with Crippen molar-refractivity contribution in [2.45, 2.75) is 17.7 Å². The highest BCUT2D eigenvalue weighted by Crippen LogP contribution is 2.09. The quantitative estimate of drug-likeness (QED) is 0.725. The predicted molar refractivity (Wildman–Crippen MR) is 86.1 cm³/mol. The third-order valence-electron chi connectivity index (χ3n) is 3.36. The Morgan fingerprint density at radius 1 is 1.25 bits per heavy atom. The molecule has 24 heavy (non-hydrogen) atoms. The van der Waals surface area contributed by atoms with E-state index in [0.717, 1.165) is 18.0 Å². The smallest absolute Gasteiger partial charge is 0.240 e. The molecule has 0 saturated carbocycles. The molecule has 0 aliphatic rings. The van der Waals surface area contributed by atoms with Crippen LogP contribution >= 0.6 is 0 Å². The normalized spacial score (nSPS) is 11.4. The number of amides is 1. The maximum absolute atomic E-state index is 12.8. The number of carbonyl (C=O) groups excluding carboxylic acids is 1. The van der Waals surface area contributed by atoms with E-state index < -0.39 is 15.8 Å². The van der Waals surface area contributed by atoms with Gasteiger partial charge in [-0.05, 0) is 24.3 Å². The molecule has 2 N–H and O–H groups in total. The molecule has 0 spiro atoms. The van der Waals surface area contributed by atoms with E-state index in [-0.39, 0.29) is 23.8 Å². The number of carbonyl (C=O) groups is 1. The summed E-state index contributed by atoms with van der Waals surface area (Å²) >= 11 is 0. The van der Waals surface area contributed by atoms with Crippen molar-refractivity contribution < 1.29 is 17.6 Å². The fraction of sp³-hybridized carbons (Fsp3) is 0.333. The Kier molecular flexibility index (Phi) is 6.04. The Morgan fingerprint density at radius 2 is 1.96 bits per heavy atom. The number of sulfonamides is 1. The van der Waals surface area contributed by atoms with E-state index in [0.29, 0.717) is 13.0 Å². The second-order valence-corrected chi connectivity index (χ2v) is 6.92. The summed E-state index contributed by atoms with van der Waals surface area (Å²) in [6.45, 7) is 0.391. The Morgan fingerprint density at radius 3 is 2.58 bits per heavy atom. The summed E-state index contributed by atoms with van der Waals surface area (Å²) in [5, 5.41) is 2.70. The van der Waals surface area contributed by atoms with Crippen LogP contribution in [0.1, 0.15) is 12.2 Å². The first-order valence-corrected chi connectivity index (χ1v) is 8.85. The van der Waals surface area contributed by atoms with Crippen molar-refractivity contribution >= 4 is 15.9 Å². The number of imidazole rings is 1. The van der Waals surface area contributed by atoms with Crippen LogP contribution in [0.3, 0.4) is 0 Å². The molecule has 2 aromatic rings. The molecular formula is C15H19FN4O3S. The summed E-state index contributed by atoms with van der Waals surface area (Å²) < 4.78 is 40.9.